The first-order valence-electron chi connectivity index (χ1n) is 8.67. The molecule has 10 heteroatoms. The summed E-state index contributed by atoms with van der Waals surface area (Å²) < 4.78 is 4.84. The van der Waals surface area contributed by atoms with Crippen molar-refractivity contribution >= 4 is 33.6 Å². The molecule has 0 atom stereocenters. The first-order chi connectivity index (χ1) is 14.1. The summed E-state index contributed by atoms with van der Waals surface area (Å²) in [5, 5.41) is 2.28. The van der Waals surface area contributed by atoms with Gasteiger partial charge in [0.15, 0.2) is 5.76 Å². The number of pyridine rings is 2. The largest absolute Gasteiger partial charge is 0.493 e. The number of urea groups is 1. The van der Waals surface area contributed by atoms with E-state index in [0.29, 0.717) is 5.57 Å². The second-order valence-corrected chi connectivity index (χ2v) is 5.87. The van der Waals surface area contributed by atoms with Crippen molar-refractivity contribution in [3.8, 4) is 0 Å². The number of nitrogens with two attached hydrogens (primary N) is 1. The molecule has 0 spiro atoms. The number of amides is 2. The van der Waals surface area contributed by atoms with Gasteiger partial charge in [-0.2, -0.15) is 0 Å². The number of ether oxygens (including phenoxy) is 1. The number of allylic oxidation sites excluding steroid dienone is 4. The average molecular weight is 471 g/mol. The molecule has 4 rings (SSSR count). The summed E-state index contributed by atoms with van der Waals surface area (Å²) in [7, 11) is 1.41. The Bertz CT molecular complexity index is 1110. The second kappa shape index (κ2) is 12.1. The number of hydrogen-bond donors (Lipinski definition) is 3. The van der Waals surface area contributed by atoms with Gasteiger partial charge in [-0.05, 0) is 24.3 Å². The van der Waals surface area contributed by atoms with Crippen molar-refractivity contribution in [3.63, 3.8) is 0 Å². The summed E-state index contributed by atoms with van der Waals surface area (Å²) >= 11 is 0. The number of rotatable bonds is 3. The van der Waals surface area contributed by atoms with E-state index in [4.69, 9.17) is 10.5 Å². The van der Waals surface area contributed by atoms with Gasteiger partial charge in [0.1, 0.15) is 0 Å². The predicted molar refractivity (Wildman–Crippen MR) is 114 cm³/mol. The van der Waals surface area contributed by atoms with Crippen LogP contribution in [0.5, 0.6) is 0 Å². The van der Waals surface area contributed by atoms with E-state index in [9.17, 15) is 9.59 Å². The van der Waals surface area contributed by atoms with Crippen LogP contribution in [0.4, 0.5) is 4.79 Å². The Morgan fingerprint density at radius 1 is 1.06 bits per heavy atom. The third-order valence-corrected chi connectivity index (χ3v) is 4.00. The van der Waals surface area contributed by atoms with Crippen molar-refractivity contribution < 1.29 is 36.9 Å². The Hall–Kier alpha value is -3.72. The van der Waals surface area contributed by atoms with Gasteiger partial charge in [-0.15, -0.1) is 0 Å². The van der Waals surface area contributed by atoms with Crippen LogP contribution < -0.4 is 16.6 Å². The fourth-order valence-corrected chi connectivity index (χ4v) is 2.67. The molecule has 2 amide bonds. The van der Waals surface area contributed by atoms with Gasteiger partial charge in [-0.3, -0.25) is 20.2 Å². The smallest absolute Gasteiger partial charge is 0.330 e. The van der Waals surface area contributed by atoms with Crippen LogP contribution in [-0.4, -0.2) is 34.4 Å². The fourth-order valence-electron chi connectivity index (χ4n) is 2.67. The average Bonchev–Trinajstić information content (AvgIpc) is 2.75. The van der Waals surface area contributed by atoms with E-state index in [-0.39, 0.29) is 34.1 Å². The van der Waals surface area contributed by atoms with Crippen LogP contribution in [0.3, 0.4) is 0 Å². The van der Waals surface area contributed by atoms with Crippen LogP contribution in [-0.2, 0) is 26.6 Å². The van der Waals surface area contributed by atoms with E-state index >= 15 is 0 Å². The Balaban J connectivity index is 0.000000291. The molecular weight excluding hydrogens is 450 g/mol. The number of fused-ring (bicyclic) bond motifs is 3. The zero-order valence-electron chi connectivity index (χ0n) is 16.4. The molecule has 0 aliphatic heterocycles. The number of hydrazine groups is 1. The van der Waals surface area contributed by atoms with Gasteiger partial charge in [0.2, 0.25) is 5.78 Å². The molecule has 0 bridgehead atoms. The van der Waals surface area contributed by atoms with Gasteiger partial charge in [-0.1, -0.05) is 30.3 Å². The van der Waals surface area contributed by atoms with Crippen LogP contribution in [0, 0.1) is 0 Å². The second-order valence-electron chi connectivity index (χ2n) is 5.87. The number of hydrogen-bond acceptors (Lipinski definition) is 6. The Morgan fingerprint density at radius 2 is 1.65 bits per heavy atom. The van der Waals surface area contributed by atoms with Crippen LogP contribution in [0.1, 0.15) is 0 Å². The summed E-state index contributed by atoms with van der Waals surface area (Å²) in [6, 6.07) is 11.4. The van der Waals surface area contributed by atoms with Crippen molar-refractivity contribution in [2.75, 3.05) is 7.11 Å². The maximum atomic E-state index is 11.5. The number of Topliss-reactive ketones (excluding diaryl/α,β-unsaturated/α-hetero) is 1. The molecule has 3 aromatic rings. The summed E-state index contributed by atoms with van der Waals surface area (Å²) in [5.74, 6) is -0.0246. The zero-order chi connectivity index (χ0) is 20.6. The third kappa shape index (κ3) is 6.38. The minimum absolute atomic E-state index is 0. The number of nitrogens with zero attached hydrogens (tertiary/aromatic N) is 2. The van der Waals surface area contributed by atoms with Gasteiger partial charge in [0.25, 0.3) is 0 Å². The minimum Gasteiger partial charge on any atom is -0.493 e. The van der Waals surface area contributed by atoms with E-state index in [1.54, 1.807) is 30.6 Å². The molecule has 1 aromatic carbocycles. The van der Waals surface area contributed by atoms with Crippen molar-refractivity contribution in [2.24, 2.45) is 5.73 Å². The molecular formula is C21H21CuN5O4. The molecule has 2 heterocycles. The van der Waals surface area contributed by atoms with Crippen molar-refractivity contribution in [1.29, 1.82) is 0 Å². The van der Waals surface area contributed by atoms with Gasteiger partial charge in [-0.25, -0.2) is 4.79 Å². The summed E-state index contributed by atoms with van der Waals surface area (Å²) in [5.41, 5.74) is 11.6. The monoisotopic (exact) mass is 470 g/mol. The molecule has 9 nitrogen and oxygen atoms in total. The number of methoxy groups -OCH3 is 1. The number of ketones is 1. The van der Waals surface area contributed by atoms with E-state index < -0.39 is 6.03 Å². The number of benzene rings is 1. The summed E-state index contributed by atoms with van der Waals surface area (Å²) in [4.78, 5) is 30.6. The molecule has 31 heavy (non-hydrogen) atoms. The molecule has 0 saturated heterocycles. The van der Waals surface area contributed by atoms with Gasteiger partial charge in [0, 0.05) is 52.0 Å². The molecule has 1 aliphatic rings. The van der Waals surface area contributed by atoms with Gasteiger partial charge >= 0.3 is 6.03 Å². The molecule has 2 aromatic heterocycles. The first-order valence-corrected chi connectivity index (χ1v) is 8.67. The summed E-state index contributed by atoms with van der Waals surface area (Å²) in [6.45, 7) is 0. The minimum atomic E-state index is -0.735. The Kier molecular flexibility index (Phi) is 9.87. The zero-order valence-corrected chi connectivity index (χ0v) is 17.4. The number of primary amides is 1. The number of carbonyl (C=O) groups excluding carboxylic acids is 2. The van der Waals surface area contributed by atoms with Crippen molar-refractivity contribution in [3.05, 3.63) is 84.6 Å². The Morgan fingerprint density at radius 3 is 2.16 bits per heavy atom. The van der Waals surface area contributed by atoms with E-state index in [0.717, 1.165) is 21.8 Å². The SMILES string of the molecule is COC1=CC=C/C(=C/NNC(N)=O)C1=O.O.[Cu].c1cnc2c(c1)ccc1cccnc12. The van der Waals surface area contributed by atoms with Crippen molar-refractivity contribution in [2.45, 2.75) is 0 Å². The molecule has 6 N–H and O–H groups in total. The first kappa shape index (κ1) is 25.3. The molecule has 165 valence electrons. The third-order valence-electron chi connectivity index (χ3n) is 4.00. The van der Waals surface area contributed by atoms with Crippen LogP contribution in [0.2, 0.25) is 0 Å². The van der Waals surface area contributed by atoms with Crippen LogP contribution in [0.15, 0.2) is 84.6 Å². The van der Waals surface area contributed by atoms with E-state index in [2.05, 4.69) is 45.1 Å². The number of aromatic nitrogens is 2. The number of nitrogens with one attached hydrogen (secondary N) is 2. The normalized spacial score (nSPS) is 13.3. The molecule has 0 fully saturated rings. The summed E-state index contributed by atoms with van der Waals surface area (Å²) in [6.07, 6.45) is 9.74. The van der Waals surface area contributed by atoms with Crippen molar-refractivity contribution in [1.82, 2.24) is 20.8 Å². The predicted octanol–water partition coefficient (Wildman–Crippen LogP) is 1.67. The molecule has 0 saturated carbocycles. The topological polar surface area (TPSA) is 151 Å². The quantitative estimate of drug-likeness (QED) is 0.229. The van der Waals surface area contributed by atoms with Crippen LogP contribution in [0.25, 0.3) is 21.8 Å². The standard InChI is InChI=1S/C12H8N2.C9H11N3O3.Cu.H2O/c1-3-9-5-6-10-4-2-8-14-12(10)11(9)13-7-1;1-15-7-4-2-3-6(8(7)13)5-11-12-9(10)14;;/h1-8H;2-5,11H,1H3,(H3,10,12,14);;1H2/b;6-5-;;. The maximum Gasteiger partial charge on any atom is 0.330 e. The molecule has 1 aliphatic carbocycles. The fraction of sp³-hybridized carbons (Fsp3) is 0.0476. The molecule has 1 radical (unpaired) electrons. The van der Waals surface area contributed by atoms with Gasteiger partial charge in [0.05, 0.1) is 18.1 Å². The van der Waals surface area contributed by atoms with Gasteiger partial charge < -0.3 is 21.4 Å². The molecule has 0 unspecified atom stereocenters. The van der Waals surface area contributed by atoms with E-state index in [1.807, 2.05) is 12.1 Å². The maximum absolute atomic E-state index is 11.5. The number of carbonyl (C=O) groups is 2. The Labute approximate surface area is 188 Å². The van der Waals surface area contributed by atoms with E-state index in [1.165, 1.54) is 13.3 Å². The van der Waals surface area contributed by atoms with Crippen LogP contribution >= 0.6 is 0 Å².